The van der Waals surface area contributed by atoms with Crippen molar-refractivity contribution in [2.24, 2.45) is 0 Å². The number of thiophene rings is 1. The topological polar surface area (TPSA) is 38.3 Å². The Morgan fingerprint density at radius 1 is 1.00 bits per heavy atom. The van der Waals surface area contributed by atoms with E-state index in [1.165, 1.54) is 12.1 Å². The van der Waals surface area contributed by atoms with Gasteiger partial charge in [0.15, 0.2) is 0 Å². The van der Waals surface area contributed by atoms with E-state index in [1.807, 2.05) is 47.2 Å². The molecule has 3 nitrogen and oxygen atoms in total. The van der Waals surface area contributed by atoms with E-state index in [0.717, 1.165) is 16.7 Å². The monoisotopic (exact) mass is 387 g/mol. The van der Waals surface area contributed by atoms with E-state index < -0.39 is 6.61 Å². The molecule has 0 spiro atoms. The Morgan fingerprint density at radius 2 is 1.70 bits per heavy atom. The first kappa shape index (κ1) is 19.0. The normalized spacial score (nSPS) is 12.0. The van der Waals surface area contributed by atoms with Gasteiger partial charge in [-0.05, 0) is 52.1 Å². The second-order valence-corrected chi connectivity index (χ2v) is 6.77. The molecule has 0 saturated carbocycles. The number of carbonyl (C=O) groups excluding carboxylic acids is 1. The van der Waals surface area contributed by atoms with E-state index in [1.54, 1.807) is 23.5 Å². The van der Waals surface area contributed by atoms with Gasteiger partial charge in [-0.25, -0.2) is 0 Å². The van der Waals surface area contributed by atoms with E-state index >= 15 is 0 Å². The van der Waals surface area contributed by atoms with Crippen LogP contribution in [0.4, 0.5) is 8.78 Å². The molecule has 0 aliphatic carbocycles. The van der Waals surface area contributed by atoms with E-state index in [4.69, 9.17) is 0 Å². The van der Waals surface area contributed by atoms with Crippen LogP contribution in [-0.4, -0.2) is 12.5 Å². The first-order chi connectivity index (χ1) is 13.1. The number of ether oxygens (including phenoxy) is 1. The lowest BCUT2D eigenvalue weighted by Crippen LogP contribution is -2.29. The molecule has 140 valence electrons. The van der Waals surface area contributed by atoms with Gasteiger partial charge in [-0.3, -0.25) is 4.79 Å². The lowest BCUT2D eigenvalue weighted by Gasteiger charge is -2.20. The summed E-state index contributed by atoms with van der Waals surface area (Å²) in [6, 6.07) is 17.5. The molecule has 1 heterocycles. The van der Waals surface area contributed by atoms with Gasteiger partial charge in [-0.2, -0.15) is 20.1 Å². The first-order valence-corrected chi connectivity index (χ1v) is 9.46. The highest BCUT2D eigenvalue weighted by molar-refractivity contribution is 7.07. The Morgan fingerprint density at radius 3 is 2.33 bits per heavy atom. The summed E-state index contributed by atoms with van der Waals surface area (Å²) in [5.41, 5.74) is 2.86. The van der Waals surface area contributed by atoms with Gasteiger partial charge in [-0.15, -0.1) is 0 Å². The fourth-order valence-corrected chi connectivity index (χ4v) is 3.48. The number of hydrogen-bond donors (Lipinski definition) is 1. The summed E-state index contributed by atoms with van der Waals surface area (Å²) in [5.74, 6) is 0.0207. The van der Waals surface area contributed by atoms with Crippen molar-refractivity contribution in [3.63, 3.8) is 0 Å². The number of benzene rings is 2. The molecule has 2 aromatic carbocycles. The molecule has 0 bridgehead atoms. The lowest BCUT2D eigenvalue weighted by atomic mass is 9.98. The quantitative estimate of drug-likeness (QED) is 0.578. The van der Waals surface area contributed by atoms with E-state index in [2.05, 4.69) is 10.1 Å². The van der Waals surface area contributed by atoms with Crippen molar-refractivity contribution in [2.75, 3.05) is 0 Å². The average molecular weight is 387 g/mol. The van der Waals surface area contributed by atoms with E-state index in [0.29, 0.717) is 12.8 Å². The Balaban J connectivity index is 1.74. The van der Waals surface area contributed by atoms with Crippen LogP contribution in [-0.2, 0) is 11.2 Å². The molecule has 3 aromatic rings. The molecule has 3 rings (SSSR count). The second kappa shape index (κ2) is 9.28. The third-order valence-corrected chi connectivity index (χ3v) is 4.83. The molecule has 0 aliphatic heterocycles. The standard InChI is InChI=1S/C21H19F2NO2S/c22-21(23)26-18-9-7-17(8-10-18)20(16-4-2-1-3-5-16)24-19(25)11-6-15-12-13-27-14-15/h1-5,7-10,12-14,20-21H,6,11H2,(H,24,25). The summed E-state index contributed by atoms with van der Waals surface area (Å²) >= 11 is 1.61. The molecule has 1 unspecified atom stereocenters. The predicted octanol–water partition coefficient (Wildman–Crippen LogP) is 5.19. The Bertz CT molecular complexity index is 836. The average Bonchev–Trinajstić information content (AvgIpc) is 3.19. The fourth-order valence-electron chi connectivity index (χ4n) is 2.77. The number of rotatable bonds is 8. The Hall–Kier alpha value is -2.73. The molecule has 1 atom stereocenters. The maximum Gasteiger partial charge on any atom is 0.387 e. The molecule has 1 N–H and O–H groups in total. The van der Waals surface area contributed by atoms with Gasteiger partial charge in [0.05, 0.1) is 6.04 Å². The highest BCUT2D eigenvalue weighted by Gasteiger charge is 2.17. The van der Waals surface area contributed by atoms with Gasteiger partial charge in [0.2, 0.25) is 5.91 Å². The molecule has 1 amide bonds. The Labute approximate surface area is 160 Å². The van der Waals surface area contributed by atoms with Gasteiger partial charge in [0, 0.05) is 6.42 Å². The van der Waals surface area contributed by atoms with Crippen molar-refractivity contribution in [2.45, 2.75) is 25.5 Å². The van der Waals surface area contributed by atoms with E-state index in [-0.39, 0.29) is 17.7 Å². The van der Waals surface area contributed by atoms with Crippen LogP contribution in [0.3, 0.4) is 0 Å². The smallest absolute Gasteiger partial charge is 0.387 e. The number of halogens is 2. The van der Waals surface area contributed by atoms with Crippen LogP contribution in [0, 0.1) is 0 Å². The second-order valence-electron chi connectivity index (χ2n) is 5.99. The van der Waals surface area contributed by atoms with Crippen LogP contribution in [0.1, 0.15) is 29.2 Å². The fraction of sp³-hybridized carbons (Fsp3) is 0.190. The van der Waals surface area contributed by atoms with Gasteiger partial charge in [0.1, 0.15) is 5.75 Å². The molecule has 6 heteroatoms. The molecule has 0 radical (unpaired) electrons. The van der Waals surface area contributed by atoms with Crippen molar-refractivity contribution < 1.29 is 18.3 Å². The minimum absolute atomic E-state index is 0.0667. The predicted molar refractivity (Wildman–Crippen MR) is 102 cm³/mol. The maximum atomic E-state index is 12.5. The van der Waals surface area contributed by atoms with Gasteiger partial charge >= 0.3 is 6.61 Å². The number of carbonyl (C=O) groups is 1. The molecule has 1 aromatic heterocycles. The van der Waals surface area contributed by atoms with Crippen LogP contribution in [0.5, 0.6) is 5.75 Å². The van der Waals surface area contributed by atoms with Crippen molar-refractivity contribution in [1.29, 1.82) is 0 Å². The summed E-state index contributed by atoms with van der Waals surface area (Å²) in [4.78, 5) is 12.5. The molecular formula is C21H19F2NO2S. The zero-order valence-electron chi connectivity index (χ0n) is 14.5. The van der Waals surface area contributed by atoms with Gasteiger partial charge in [-0.1, -0.05) is 42.5 Å². The Kier molecular flexibility index (Phi) is 6.54. The van der Waals surface area contributed by atoms with Crippen LogP contribution >= 0.6 is 11.3 Å². The highest BCUT2D eigenvalue weighted by atomic mass is 32.1. The highest BCUT2D eigenvalue weighted by Crippen LogP contribution is 2.25. The number of alkyl halides is 2. The van der Waals surface area contributed by atoms with Crippen LogP contribution in [0.25, 0.3) is 0 Å². The summed E-state index contributed by atoms with van der Waals surface area (Å²) in [6.07, 6.45) is 1.06. The van der Waals surface area contributed by atoms with Crippen molar-refractivity contribution in [1.82, 2.24) is 5.32 Å². The molecule has 0 aliphatic rings. The van der Waals surface area contributed by atoms with Gasteiger partial charge in [0.25, 0.3) is 0 Å². The third kappa shape index (κ3) is 5.62. The summed E-state index contributed by atoms with van der Waals surface area (Å²) < 4.78 is 29.1. The number of aryl methyl sites for hydroxylation is 1. The number of nitrogens with one attached hydrogen (secondary N) is 1. The summed E-state index contributed by atoms with van der Waals surface area (Å²) in [7, 11) is 0. The summed E-state index contributed by atoms with van der Waals surface area (Å²) in [6.45, 7) is -2.86. The SMILES string of the molecule is O=C(CCc1ccsc1)NC(c1ccccc1)c1ccc(OC(F)F)cc1. The molecule has 0 fully saturated rings. The first-order valence-electron chi connectivity index (χ1n) is 8.52. The minimum Gasteiger partial charge on any atom is -0.435 e. The van der Waals surface area contributed by atoms with E-state index in [9.17, 15) is 13.6 Å². The van der Waals surface area contributed by atoms with Crippen LogP contribution in [0.15, 0.2) is 71.4 Å². The largest absolute Gasteiger partial charge is 0.435 e. The number of hydrogen-bond acceptors (Lipinski definition) is 3. The third-order valence-electron chi connectivity index (χ3n) is 4.10. The minimum atomic E-state index is -2.86. The van der Waals surface area contributed by atoms with Crippen LogP contribution < -0.4 is 10.1 Å². The maximum absolute atomic E-state index is 12.5. The van der Waals surface area contributed by atoms with Crippen molar-refractivity contribution >= 4 is 17.2 Å². The lowest BCUT2D eigenvalue weighted by molar-refractivity contribution is -0.121. The van der Waals surface area contributed by atoms with Gasteiger partial charge < -0.3 is 10.1 Å². The summed E-state index contributed by atoms with van der Waals surface area (Å²) in [5, 5.41) is 7.07. The van der Waals surface area contributed by atoms with Crippen LogP contribution in [0.2, 0.25) is 0 Å². The molecule has 27 heavy (non-hydrogen) atoms. The van der Waals surface area contributed by atoms with Crippen molar-refractivity contribution in [3.8, 4) is 5.75 Å². The zero-order chi connectivity index (χ0) is 19.1. The molecular weight excluding hydrogens is 368 g/mol. The molecule has 0 saturated heterocycles. The van der Waals surface area contributed by atoms with Crippen molar-refractivity contribution in [3.05, 3.63) is 88.1 Å². The number of amides is 1. The zero-order valence-corrected chi connectivity index (χ0v) is 15.3.